The first-order valence-electron chi connectivity index (χ1n) is 4.95. The first kappa shape index (κ1) is 10.8. The molecule has 6 nitrogen and oxygen atoms in total. The molecule has 1 aliphatic rings. The molecule has 2 rings (SSSR count). The quantitative estimate of drug-likeness (QED) is 0.702. The molecule has 0 bridgehead atoms. The van der Waals surface area contributed by atoms with E-state index < -0.39 is 5.54 Å². The van der Waals surface area contributed by atoms with E-state index in [-0.39, 0.29) is 5.97 Å². The van der Waals surface area contributed by atoms with Crippen LogP contribution in [0.15, 0.2) is 6.07 Å². The zero-order chi connectivity index (χ0) is 11.8. The van der Waals surface area contributed by atoms with Gasteiger partial charge in [0.2, 0.25) is 11.8 Å². The van der Waals surface area contributed by atoms with Crippen molar-refractivity contribution in [1.82, 2.24) is 9.78 Å². The van der Waals surface area contributed by atoms with E-state index in [0.717, 1.165) is 0 Å². The Morgan fingerprint density at radius 3 is 2.50 bits per heavy atom. The molecule has 6 heteroatoms. The lowest BCUT2D eigenvalue weighted by atomic mass is 10.3. The highest BCUT2D eigenvalue weighted by Crippen LogP contribution is 2.47. The zero-order valence-corrected chi connectivity index (χ0v) is 9.52. The monoisotopic (exact) mass is 226 g/mol. The second kappa shape index (κ2) is 3.70. The Bertz CT molecular complexity index is 409. The topological polar surface area (TPSA) is 62.6 Å². The minimum atomic E-state index is -0.698. The number of ether oxygens (including phenoxy) is 3. The number of carbonyl (C=O) groups excluding carboxylic acids is 1. The van der Waals surface area contributed by atoms with Crippen LogP contribution in [0.3, 0.4) is 0 Å². The minimum Gasteiger partial charge on any atom is -0.481 e. The molecule has 88 valence electrons. The van der Waals surface area contributed by atoms with E-state index in [0.29, 0.717) is 24.6 Å². The van der Waals surface area contributed by atoms with Crippen molar-refractivity contribution in [1.29, 1.82) is 0 Å². The molecule has 16 heavy (non-hydrogen) atoms. The largest absolute Gasteiger partial charge is 0.481 e. The maximum Gasteiger partial charge on any atom is 0.333 e. The molecule has 0 aliphatic heterocycles. The van der Waals surface area contributed by atoms with E-state index >= 15 is 0 Å². The van der Waals surface area contributed by atoms with Crippen LogP contribution >= 0.6 is 0 Å². The molecule has 0 amide bonds. The molecule has 1 saturated carbocycles. The maximum absolute atomic E-state index is 11.7. The summed E-state index contributed by atoms with van der Waals surface area (Å²) in [5.74, 6) is 0.628. The van der Waals surface area contributed by atoms with Crippen molar-refractivity contribution >= 4 is 5.97 Å². The van der Waals surface area contributed by atoms with Crippen LogP contribution in [-0.4, -0.2) is 37.1 Å². The van der Waals surface area contributed by atoms with E-state index in [1.165, 1.54) is 26.0 Å². The van der Waals surface area contributed by atoms with E-state index in [2.05, 4.69) is 5.10 Å². The smallest absolute Gasteiger partial charge is 0.333 e. The summed E-state index contributed by atoms with van der Waals surface area (Å²) in [6.45, 7) is 0. The van der Waals surface area contributed by atoms with E-state index in [4.69, 9.17) is 14.2 Å². The zero-order valence-electron chi connectivity index (χ0n) is 9.52. The number of esters is 1. The molecule has 0 atom stereocenters. The summed E-state index contributed by atoms with van der Waals surface area (Å²) in [6, 6.07) is 1.64. The standard InChI is InChI=1S/C10H14N2O4/c1-14-7-6-8(15-2)12(11-7)10(4-5-10)9(13)16-3/h6H,4-5H2,1-3H3. The molecular formula is C10H14N2O4. The predicted octanol–water partition coefficient (Wildman–Crippen LogP) is 0.562. The van der Waals surface area contributed by atoms with Gasteiger partial charge in [-0.15, -0.1) is 5.10 Å². The maximum atomic E-state index is 11.7. The van der Waals surface area contributed by atoms with Crippen LogP contribution in [-0.2, 0) is 15.1 Å². The van der Waals surface area contributed by atoms with Crippen molar-refractivity contribution in [2.75, 3.05) is 21.3 Å². The van der Waals surface area contributed by atoms with Gasteiger partial charge in [-0.25, -0.2) is 9.48 Å². The van der Waals surface area contributed by atoms with Crippen LogP contribution in [0, 0.1) is 0 Å². The molecule has 0 saturated heterocycles. The van der Waals surface area contributed by atoms with Gasteiger partial charge in [-0.05, 0) is 12.8 Å². The summed E-state index contributed by atoms with van der Waals surface area (Å²) in [7, 11) is 4.42. The normalized spacial score (nSPS) is 16.7. The molecule has 0 spiro atoms. The molecule has 1 aromatic rings. The average molecular weight is 226 g/mol. The van der Waals surface area contributed by atoms with Gasteiger partial charge in [-0.1, -0.05) is 0 Å². The van der Waals surface area contributed by atoms with E-state index in [1.54, 1.807) is 6.07 Å². The summed E-state index contributed by atoms with van der Waals surface area (Å²) in [5, 5.41) is 4.17. The molecule has 0 radical (unpaired) electrons. The first-order valence-corrected chi connectivity index (χ1v) is 4.95. The fourth-order valence-corrected chi connectivity index (χ4v) is 1.71. The first-order chi connectivity index (χ1) is 7.67. The van der Waals surface area contributed by atoms with Crippen LogP contribution in [0.2, 0.25) is 0 Å². The Kier molecular flexibility index (Phi) is 2.49. The van der Waals surface area contributed by atoms with Crippen molar-refractivity contribution in [3.63, 3.8) is 0 Å². The van der Waals surface area contributed by atoms with Gasteiger partial charge in [-0.2, -0.15) is 0 Å². The third-order valence-corrected chi connectivity index (χ3v) is 2.77. The lowest BCUT2D eigenvalue weighted by Gasteiger charge is -2.14. The second-order valence-electron chi connectivity index (χ2n) is 3.66. The van der Waals surface area contributed by atoms with Gasteiger partial charge in [0.25, 0.3) is 0 Å². The number of nitrogens with zero attached hydrogens (tertiary/aromatic N) is 2. The SMILES string of the molecule is COC(=O)C1(n2nc(OC)cc2OC)CC1. The molecule has 0 unspecified atom stereocenters. The van der Waals surface area contributed by atoms with Crippen LogP contribution in [0.1, 0.15) is 12.8 Å². The lowest BCUT2D eigenvalue weighted by Crippen LogP contribution is -2.30. The molecule has 0 aromatic carbocycles. The summed E-state index contributed by atoms with van der Waals surface area (Å²) in [4.78, 5) is 11.7. The Balaban J connectivity index is 2.39. The predicted molar refractivity (Wildman–Crippen MR) is 54.6 cm³/mol. The van der Waals surface area contributed by atoms with Gasteiger partial charge in [0.05, 0.1) is 27.4 Å². The number of rotatable bonds is 4. The van der Waals surface area contributed by atoms with Gasteiger partial charge >= 0.3 is 5.97 Å². The Morgan fingerprint density at radius 2 is 2.06 bits per heavy atom. The van der Waals surface area contributed by atoms with Gasteiger partial charge in [0.1, 0.15) is 0 Å². The highest BCUT2D eigenvalue weighted by atomic mass is 16.5. The second-order valence-corrected chi connectivity index (χ2v) is 3.66. The Hall–Kier alpha value is -1.72. The Morgan fingerprint density at radius 1 is 1.38 bits per heavy atom. The third kappa shape index (κ3) is 1.41. The average Bonchev–Trinajstić information content (AvgIpc) is 3.02. The summed E-state index contributed by atoms with van der Waals surface area (Å²) in [6.07, 6.45) is 1.42. The summed E-state index contributed by atoms with van der Waals surface area (Å²) in [5.41, 5.74) is -0.698. The lowest BCUT2D eigenvalue weighted by molar-refractivity contribution is -0.146. The van der Waals surface area contributed by atoms with Crippen molar-refractivity contribution < 1.29 is 19.0 Å². The van der Waals surface area contributed by atoms with Crippen LogP contribution in [0.5, 0.6) is 11.8 Å². The summed E-state index contributed by atoms with van der Waals surface area (Å²) >= 11 is 0. The molecule has 1 heterocycles. The van der Waals surface area contributed by atoms with E-state index in [1.807, 2.05) is 0 Å². The van der Waals surface area contributed by atoms with Crippen LogP contribution in [0.4, 0.5) is 0 Å². The number of aromatic nitrogens is 2. The van der Waals surface area contributed by atoms with Gasteiger partial charge in [0, 0.05) is 0 Å². The van der Waals surface area contributed by atoms with Gasteiger partial charge in [0.15, 0.2) is 5.54 Å². The highest BCUT2D eigenvalue weighted by molar-refractivity contribution is 5.82. The minimum absolute atomic E-state index is 0.295. The van der Waals surface area contributed by atoms with Gasteiger partial charge < -0.3 is 14.2 Å². The van der Waals surface area contributed by atoms with Crippen molar-refractivity contribution in [3.05, 3.63) is 6.07 Å². The van der Waals surface area contributed by atoms with Gasteiger partial charge in [-0.3, -0.25) is 0 Å². The fraction of sp³-hybridized carbons (Fsp3) is 0.600. The highest BCUT2D eigenvalue weighted by Gasteiger charge is 2.55. The summed E-state index contributed by atoms with van der Waals surface area (Å²) < 4.78 is 16.5. The van der Waals surface area contributed by atoms with Crippen molar-refractivity contribution in [2.45, 2.75) is 18.4 Å². The van der Waals surface area contributed by atoms with Crippen molar-refractivity contribution in [3.8, 4) is 11.8 Å². The number of carbonyl (C=O) groups is 1. The molecular weight excluding hydrogens is 212 g/mol. The molecule has 1 aromatic heterocycles. The molecule has 0 N–H and O–H groups in total. The fourth-order valence-electron chi connectivity index (χ4n) is 1.71. The van der Waals surface area contributed by atoms with Crippen LogP contribution in [0.25, 0.3) is 0 Å². The number of methoxy groups -OCH3 is 3. The van der Waals surface area contributed by atoms with Crippen molar-refractivity contribution in [2.24, 2.45) is 0 Å². The molecule has 1 fully saturated rings. The number of hydrogen-bond donors (Lipinski definition) is 0. The van der Waals surface area contributed by atoms with Crippen LogP contribution < -0.4 is 9.47 Å². The Labute approximate surface area is 93.1 Å². The molecule has 1 aliphatic carbocycles. The van der Waals surface area contributed by atoms with E-state index in [9.17, 15) is 4.79 Å². The third-order valence-electron chi connectivity index (χ3n) is 2.77. The number of hydrogen-bond acceptors (Lipinski definition) is 5.